The van der Waals surface area contributed by atoms with Crippen LogP contribution in [0, 0.1) is 0 Å². The third-order valence-electron chi connectivity index (χ3n) is 5.40. The molecular weight excluding hydrogens is 472 g/mol. The van der Waals surface area contributed by atoms with E-state index in [-0.39, 0.29) is 17.7 Å². The fourth-order valence-electron chi connectivity index (χ4n) is 3.65. The number of rotatable bonds is 5. The Hall–Kier alpha value is -3.82. The van der Waals surface area contributed by atoms with Crippen LogP contribution in [0.25, 0.3) is 0 Å². The summed E-state index contributed by atoms with van der Waals surface area (Å²) >= 11 is 0. The first-order valence-electron chi connectivity index (χ1n) is 10.4. The molecule has 35 heavy (non-hydrogen) atoms. The zero-order valence-corrected chi connectivity index (χ0v) is 18.3. The second-order valence-corrected chi connectivity index (χ2v) is 7.70. The lowest BCUT2D eigenvalue weighted by molar-refractivity contribution is -0.293. The van der Waals surface area contributed by atoms with Gasteiger partial charge in [0.1, 0.15) is 17.4 Å². The maximum atomic E-state index is 14.2. The smallest absolute Gasteiger partial charge is 0.443 e. The summed E-state index contributed by atoms with van der Waals surface area (Å²) in [7, 11) is 1.40. The van der Waals surface area contributed by atoms with E-state index in [1.807, 2.05) is 0 Å². The molecule has 182 valence electrons. The summed E-state index contributed by atoms with van der Waals surface area (Å²) in [6.45, 7) is -0.0643. The van der Waals surface area contributed by atoms with Crippen LogP contribution in [0.3, 0.4) is 0 Å². The van der Waals surface area contributed by atoms with Gasteiger partial charge in [0.05, 0.1) is 13.7 Å². The Morgan fingerprint density at radius 1 is 0.686 bits per heavy atom. The van der Waals surface area contributed by atoms with Gasteiger partial charge in [-0.15, -0.1) is 0 Å². The van der Waals surface area contributed by atoms with Crippen LogP contribution in [-0.4, -0.2) is 41.7 Å². The van der Waals surface area contributed by atoms with Crippen molar-refractivity contribution in [2.24, 2.45) is 9.98 Å². The van der Waals surface area contributed by atoms with Crippen LogP contribution in [-0.2, 0) is 6.54 Å². The normalized spacial score (nSPS) is 15.9. The van der Waals surface area contributed by atoms with E-state index >= 15 is 0 Å². The predicted molar refractivity (Wildman–Crippen MR) is 119 cm³/mol. The van der Waals surface area contributed by atoms with Crippen molar-refractivity contribution in [3.8, 4) is 5.75 Å². The summed E-state index contributed by atoms with van der Waals surface area (Å²) < 4.78 is 90.1. The van der Waals surface area contributed by atoms with Gasteiger partial charge >= 0.3 is 18.0 Å². The van der Waals surface area contributed by atoms with Gasteiger partial charge in [0, 0.05) is 11.1 Å². The van der Waals surface area contributed by atoms with E-state index in [1.165, 1.54) is 60.5 Å². The minimum Gasteiger partial charge on any atom is -0.497 e. The molecule has 3 aromatic rings. The quantitative estimate of drug-likeness (QED) is 0.397. The van der Waals surface area contributed by atoms with Gasteiger partial charge in [-0.3, -0.25) is 0 Å². The van der Waals surface area contributed by atoms with Gasteiger partial charge in [0.25, 0.3) is 0 Å². The molecule has 0 saturated carbocycles. The Kier molecular flexibility index (Phi) is 6.31. The monoisotopic (exact) mass is 491 g/mol. The summed E-state index contributed by atoms with van der Waals surface area (Å²) in [4.78, 5) is 7.86. The third kappa shape index (κ3) is 4.60. The lowest BCUT2D eigenvalue weighted by atomic mass is 10.0. The molecule has 4 nitrogen and oxygen atoms in total. The minimum absolute atomic E-state index is 0.0444. The van der Waals surface area contributed by atoms with Gasteiger partial charge in [-0.05, 0) is 29.8 Å². The van der Waals surface area contributed by atoms with Crippen LogP contribution in [0.5, 0.6) is 5.75 Å². The second-order valence-electron chi connectivity index (χ2n) is 7.70. The number of alkyl halides is 6. The molecule has 0 N–H and O–H groups in total. The number of methoxy groups -OCH3 is 1. The van der Waals surface area contributed by atoms with E-state index < -0.39 is 29.7 Å². The SMILES string of the molecule is COc1ccc(C2=NC(C(F)(F)F)(C(F)(F)F)N=C(c3ccccc3)N2Cc2ccccc2)cc1. The van der Waals surface area contributed by atoms with Crippen LogP contribution in [0.4, 0.5) is 26.3 Å². The topological polar surface area (TPSA) is 37.2 Å². The molecule has 3 aromatic carbocycles. The lowest BCUT2D eigenvalue weighted by Crippen LogP contribution is -2.59. The highest BCUT2D eigenvalue weighted by atomic mass is 19.4. The molecule has 1 aliphatic heterocycles. The fraction of sp³-hybridized carbons (Fsp3) is 0.200. The average molecular weight is 491 g/mol. The van der Waals surface area contributed by atoms with Gasteiger partial charge in [-0.25, -0.2) is 9.98 Å². The number of ether oxygens (including phenoxy) is 1. The Morgan fingerprint density at radius 2 is 1.14 bits per heavy atom. The maximum absolute atomic E-state index is 14.2. The van der Waals surface area contributed by atoms with Gasteiger partial charge < -0.3 is 9.64 Å². The number of hydrogen-bond donors (Lipinski definition) is 0. The zero-order valence-electron chi connectivity index (χ0n) is 18.3. The Bertz CT molecular complexity index is 1210. The molecular formula is C25H19F6N3O. The highest BCUT2D eigenvalue weighted by molar-refractivity contribution is 6.16. The van der Waals surface area contributed by atoms with Crippen LogP contribution in [0.2, 0.25) is 0 Å². The molecule has 0 aromatic heterocycles. The molecule has 0 atom stereocenters. The molecule has 0 bridgehead atoms. The van der Waals surface area contributed by atoms with Gasteiger partial charge in [-0.1, -0.05) is 60.7 Å². The van der Waals surface area contributed by atoms with Crippen LogP contribution in [0.15, 0.2) is 94.9 Å². The van der Waals surface area contributed by atoms with Crippen molar-refractivity contribution in [1.29, 1.82) is 0 Å². The summed E-state index contributed by atoms with van der Waals surface area (Å²) in [5, 5.41) is 0. The van der Waals surface area contributed by atoms with E-state index in [2.05, 4.69) is 9.98 Å². The molecule has 0 amide bonds. The molecule has 4 rings (SSSR count). The number of halogens is 6. The molecule has 0 saturated heterocycles. The number of nitrogens with zero attached hydrogens (tertiary/aromatic N) is 3. The van der Waals surface area contributed by atoms with Crippen LogP contribution < -0.4 is 4.74 Å². The molecule has 0 radical (unpaired) electrons. The molecule has 0 spiro atoms. The van der Waals surface area contributed by atoms with Gasteiger partial charge in [-0.2, -0.15) is 26.3 Å². The van der Waals surface area contributed by atoms with Gasteiger partial charge in [0.15, 0.2) is 0 Å². The Labute approximate surface area is 197 Å². The Balaban J connectivity index is 2.01. The molecule has 0 fully saturated rings. The first-order valence-corrected chi connectivity index (χ1v) is 10.4. The molecule has 10 heteroatoms. The molecule has 1 heterocycles. The predicted octanol–water partition coefficient (Wildman–Crippen LogP) is 6.23. The highest BCUT2D eigenvalue weighted by Crippen LogP contribution is 2.49. The highest BCUT2D eigenvalue weighted by Gasteiger charge is 2.74. The van der Waals surface area contributed by atoms with Crippen molar-refractivity contribution in [2.45, 2.75) is 24.6 Å². The largest absolute Gasteiger partial charge is 0.497 e. The summed E-state index contributed by atoms with van der Waals surface area (Å²) in [5.41, 5.74) is -3.90. The van der Waals surface area contributed by atoms with Crippen molar-refractivity contribution >= 4 is 11.7 Å². The van der Waals surface area contributed by atoms with E-state index in [0.29, 0.717) is 11.3 Å². The minimum atomic E-state index is -5.85. The Morgan fingerprint density at radius 3 is 1.60 bits per heavy atom. The van der Waals surface area contributed by atoms with E-state index in [4.69, 9.17) is 4.74 Å². The van der Waals surface area contributed by atoms with Crippen LogP contribution in [0.1, 0.15) is 16.7 Å². The zero-order chi connectivity index (χ0) is 25.3. The van der Waals surface area contributed by atoms with E-state index in [9.17, 15) is 26.3 Å². The van der Waals surface area contributed by atoms with Crippen molar-refractivity contribution in [3.05, 3.63) is 102 Å². The summed E-state index contributed by atoms with van der Waals surface area (Å²) in [5.74, 6) is -0.625. The van der Waals surface area contributed by atoms with Crippen molar-refractivity contribution in [3.63, 3.8) is 0 Å². The first kappa shape index (κ1) is 24.3. The standard InChI is InChI=1S/C25H19F6N3O/c1-35-20-14-12-19(13-15-20)22-33-23(24(26,27)28,25(29,30)31)32-21(18-10-6-3-7-11-18)34(22)16-17-8-4-2-5-9-17/h2-15H,16H2,1H3. The summed E-state index contributed by atoms with van der Waals surface area (Å²) in [6.07, 6.45) is -11.7. The number of hydrogen-bond acceptors (Lipinski definition) is 4. The number of aliphatic imine (C=N–C) groups is 2. The average Bonchev–Trinajstić information content (AvgIpc) is 2.84. The molecule has 1 aliphatic rings. The van der Waals surface area contributed by atoms with E-state index in [0.717, 1.165) is 0 Å². The maximum Gasteiger partial charge on any atom is 0.443 e. The van der Waals surface area contributed by atoms with Crippen molar-refractivity contribution in [2.75, 3.05) is 7.11 Å². The van der Waals surface area contributed by atoms with Crippen molar-refractivity contribution < 1.29 is 31.1 Å². The number of benzene rings is 3. The fourth-order valence-corrected chi connectivity index (χ4v) is 3.65. The lowest BCUT2D eigenvalue weighted by Gasteiger charge is -2.39. The second kappa shape index (κ2) is 9.09. The third-order valence-corrected chi connectivity index (χ3v) is 5.40. The van der Waals surface area contributed by atoms with Crippen molar-refractivity contribution in [1.82, 2.24) is 4.90 Å². The molecule has 0 aliphatic carbocycles. The van der Waals surface area contributed by atoms with E-state index in [1.54, 1.807) is 36.4 Å². The summed E-state index contributed by atoms with van der Waals surface area (Å²) in [6, 6.07) is 21.7. The van der Waals surface area contributed by atoms with Crippen LogP contribution >= 0.6 is 0 Å². The first-order chi connectivity index (χ1) is 16.6. The number of amidine groups is 2. The van der Waals surface area contributed by atoms with Gasteiger partial charge in [0.2, 0.25) is 0 Å². The molecule has 0 unspecified atom stereocenters.